The Morgan fingerprint density at radius 2 is 2.04 bits per heavy atom. The molecule has 136 valence electrons. The van der Waals surface area contributed by atoms with Crippen LogP contribution in [0.25, 0.3) is 0 Å². The Hall–Kier alpha value is -2.60. The molecular weight excluding hydrogens is 334 g/mol. The molecule has 6 heteroatoms. The molecule has 3 aliphatic rings. The molecule has 0 spiro atoms. The molecular formula is C20H21NO5. The number of phenolic OH excluding ortho intramolecular Hbond substituents is 1. The molecule has 0 radical (unpaired) electrons. The third kappa shape index (κ3) is 2.08. The van der Waals surface area contributed by atoms with E-state index >= 15 is 0 Å². The number of aromatic hydroxyl groups is 1. The van der Waals surface area contributed by atoms with E-state index in [1.165, 1.54) is 11.1 Å². The average Bonchev–Trinajstić information content (AvgIpc) is 3.14. The molecule has 5 rings (SSSR count). The highest BCUT2D eigenvalue weighted by Crippen LogP contribution is 2.51. The van der Waals surface area contributed by atoms with E-state index in [2.05, 4.69) is 11.0 Å². The minimum Gasteiger partial charge on any atom is -0.504 e. The Morgan fingerprint density at radius 1 is 1.15 bits per heavy atom. The van der Waals surface area contributed by atoms with Crippen LogP contribution in [0.1, 0.15) is 28.3 Å². The number of benzene rings is 2. The van der Waals surface area contributed by atoms with Crippen LogP contribution in [-0.2, 0) is 19.4 Å². The van der Waals surface area contributed by atoms with Gasteiger partial charge in [0.25, 0.3) is 0 Å². The first-order valence-electron chi connectivity index (χ1n) is 8.82. The number of phenols is 1. The number of hydrogen-bond donors (Lipinski definition) is 1. The predicted octanol–water partition coefficient (Wildman–Crippen LogP) is 2.79. The van der Waals surface area contributed by atoms with Crippen molar-refractivity contribution in [1.82, 2.24) is 4.90 Å². The standard InChI is InChI=1S/C20H21NO5/c1-23-15-4-3-11-7-14-17-12(8-16-20(18(17)22)26-10-25-16)5-6-21(14)9-13(11)19(15)24-2/h3-4,8,14,22H,5-7,9-10H2,1-2H3. The van der Waals surface area contributed by atoms with Crippen molar-refractivity contribution in [2.45, 2.75) is 25.4 Å². The number of fused-ring (bicyclic) bond motifs is 5. The van der Waals surface area contributed by atoms with Gasteiger partial charge in [0.1, 0.15) is 0 Å². The second kappa shape index (κ2) is 5.71. The first kappa shape index (κ1) is 15.6. The normalized spacial score (nSPS) is 20.2. The number of ether oxygens (including phenoxy) is 4. The van der Waals surface area contributed by atoms with Crippen LogP contribution >= 0.6 is 0 Å². The van der Waals surface area contributed by atoms with E-state index < -0.39 is 0 Å². The van der Waals surface area contributed by atoms with Gasteiger partial charge in [-0.2, -0.15) is 0 Å². The summed E-state index contributed by atoms with van der Waals surface area (Å²) in [4.78, 5) is 2.40. The van der Waals surface area contributed by atoms with Crippen LogP contribution in [-0.4, -0.2) is 37.6 Å². The summed E-state index contributed by atoms with van der Waals surface area (Å²) in [6.07, 6.45) is 1.69. The van der Waals surface area contributed by atoms with Crippen LogP contribution in [0.15, 0.2) is 18.2 Å². The number of hydrogen-bond acceptors (Lipinski definition) is 6. The average molecular weight is 355 g/mol. The lowest BCUT2D eigenvalue weighted by molar-refractivity contribution is 0.153. The number of methoxy groups -OCH3 is 2. The molecule has 26 heavy (non-hydrogen) atoms. The quantitative estimate of drug-likeness (QED) is 0.894. The van der Waals surface area contributed by atoms with E-state index in [9.17, 15) is 5.11 Å². The fraction of sp³-hybridized carbons (Fsp3) is 0.400. The lowest BCUT2D eigenvalue weighted by atomic mass is 9.83. The summed E-state index contributed by atoms with van der Waals surface area (Å²) in [7, 11) is 3.34. The highest BCUT2D eigenvalue weighted by molar-refractivity contribution is 5.62. The van der Waals surface area contributed by atoms with Crippen molar-refractivity contribution >= 4 is 0 Å². The summed E-state index contributed by atoms with van der Waals surface area (Å²) in [6, 6.07) is 6.21. The monoisotopic (exact) mass is 355 g/mol. The van der Waals surface area contributed by atoms with E-state index in [0.29, 0.717) is 11.5 Å². The number of rotatable bonds is 2. The van der Waals surface area contributed by atoms with Crippen LogP contribution in [0.2, 0.25) is 0 Å². The van der Waals surface area contributed by atoms with E-state index in [4.69, 9.17) is 18.9 Å². The molecule has 6 nitrogen and oxygen atoms in total. The SMILES string of the molecule is COc1ccc2c(c1OC)CN1CCc3cc4c(c(O)c3C1C2)OCO4. The van der Waals surface area contributed by atoms with Crippen molar-refractivity contribution in [2.75, 3.05) is 27.6 Å². The van der Waals surface area contributed by atoms with Gasteiger partial charge in [-0.3, -0.25) is 4.90 Å². The van der Waals surface area contributed by atoms with Crippen molar-refractivity contribution < 1.29 is 24.1 Å². The molecule has 0 fully saturated rings. The summed E-state index contributed by atoms with van der Waals surface area (Å²) in [6.45, 7) is 1.87. The van der Waals surface area contributed by atoms with Gasteiger partial charge in [-0.25, -0.2) is 0 Å². The van der Waals surface area contributed by atoms with Crippen molar-refractivity contribution in [2.24, 2.45) is 0 Å². The van der Waals surface area contributed by atoms with E-state index in [1.807, 2.05) is 12.1 Å². The summed E-state index contributed by atoms with van der Waals surface area (Å²) in [5.41, 5.74) is 4.53. The fourth-order valence-corrected chi connectivity index (χ4v) is 4.50. The van der Waals surface area contributed by atoms with E-state index in [0.717, 1.165) is 48.6 Å². The maximum atomic E-state index is 10.8. The molecule has 1 atom stereocenters. The zero-order valence-corrected chi connectivity index (χ0v) is 14.9. The maximum Gasteiger partial charge on any atom is 0.231 e. The zero-order chi connectivity index (χ0) is 17.8. The van der Waals surface area contributed by atoms with Crippen LogP contribution in [0.5, 0.6) is 28.7 Å². The smallest absolute Gasteiger partial charge is 0.231 e. The molecule has 0 amide bonds. The summed E-state index contributed by atoms with van der Waals surface area (Å²) in [5.74, 6) is 2.92. The second-order valence-corrected chi connectivity index (χ2v) is 6.91. The highest BCUT2D eigenvalue weighted by atomic mass is 16.7. The molecule has 3 heterocycles. The van der Waals surface area contributed by atoms with Gasteiger partial charge >= 0.3 is 0 Å². The number of nitrogens with zero attached hydrogens (tertiary/aromatic N) is 1. The van der Waals surface area contributed by atoms with Gasteiger partial charge in [0.15, 0.2) is 23.0 Å². The molecule has 0 aromatic heterocycles. The summed E-state index contributed by atoms with van der Waals surface area (Å²) >= 11 is 0. The first-order valence-corrected chi connectivity index (χ1v) is 8.82. The van der Waals surface area contributed by atoms with Gasteiger partial charge in [0, 0.05) is 30.3 Å². The molecule has 1 unspecified atom stereocenters. The van der Waals surface area contributed by atoms with Gasteiger partial charge in [-0.1, -0.05) is 6.07 Å². The largest absolute Gasteiger partial charge is 0.504 e. The minimum absolute atomic E-state index is 0.124. The molecule has 1 N–H and O–H groups in total. The first-order chi connectivity index (χ1) is 12.7. The topological polar surface area (TPSA) is 60.4 Å². The van der Waals surface area contributed by atoms with Crippen molar-refractivity contribution in [1.29, 1.82) is 0 Å². The molecule has 2 aromatic carbocycles. The molecule has 0 saturated carbocycles. The van der Waals surface area contributed by atoms with Crippen LogP contribution in [0, 0.1) is 0 Å². The van der Waals surface area contributed by atoms with Gasteiger partial charge < -0.3 is 24.1 Å². The van der Waals surface area contributed by atoms with Crippen LogP contribution in [0.4, 0.5) is 0 Å². The van der Waals surface area contributed by atoms with E-state index in [1.54, 1.807) is 14.2 Å². The Kier molecular flexibility index (Phi) is 3.43. The third-order valence-corrected chi connectivity index (χ3v) is 5.73. The maximum absolute atomic E-state index is 10.8. The van der Waals surface area contributed by atoms with Gasteiger partial charge in [0.05, 0.1) is 14.2 Å². The predicted molar refractivity (Wildman–Crippen MR) is 94.3 cm³/mol. The Balaban J connectivity index is 1.61. The molecule has 0 aliphatic carbocycles. The molecule has 0 saturated heterocycles. The lowest BCUT2D eigenvalue weighted by Gasteiger charge is -2.42. The van der Waals surface area contributed by atoms with Gasteiger partial charge in [0.2, 0.25) is 12.5 Å². The fourth-order valence-electron chi connectivity index (χ4n) is 4.50. The van der Waals surface area contributed by atoms with Crippen molar-refractivity contribution in [3.05, 3.63) is 40.5 Å². The van der Waals surface area contributed by atoms with Crippen LogP contribution < -0.4 is 18.9 Å². The minimum atomic E-state index is 0.124. The zero-order valence-electron chi connectivity index (χ0n) is 14.9. The third-order valence-electron chi connectivity index (χ3n) is 5.73. The Morgan fingerprint density at radius 3 is 2.85 bits per heavy atom. The van der Waals surface area contributed by atoms with Crippen molar-refractivity contribution in [3.8, 4) is 28.7 Å². The molecule has 3 aliphatic heterocycles. The van der Waals surface area contributed by atoms with Crippen molar-refractivity contribution in [3.63, 3.8) is 0 Å². The summed E-state index contributed by atoms with van der Waals surface area (Å²) in [5, 5.41) is 10.8. The molecule has 0 bridgehead atoms. The van der Waals surface area contributed by atoms with Crippen LogP contribution in [0.3, 0.4) is 0 Å². The van der Waals surface area contributed by atoms with E-state index in [-0.39, 0.29) is 18.6 Å². The van der Waals surface area contributed by atoms with Gasteiger partial charge in [-0.05, 0) is 36.1 Å². The Labute approximate surface area is 151 Å². The van der Waals surface area contributed by atoms with Gasteiger partial charge in [-0.15, -0.1) is 0 Å². The molecule has 2 aromatic rings. The Bertz CT molecular complexity index is 895. The second-order valence-electron chi connectivity index (χ2n) is 6.91. The summed E-state index contributed by atoms with van der Waals surface area (Å²) < 4.78 is 22.0. The highest BCUT2D eigenvalue weighted by Gasteiger charge is 2.38. The lowest BCUT2D eigenvalue weighted by Crippen LogP contribution is -2.39.